The zero-order valence-corrected chi connectivity index (χ0v) is 18.3. The number of unbranched alkanes of at least 4 members (excludes halogenated alkanes) is 2. The highest BCUT2D eigenvalue weighted by molar-refractivity contribution is 14.1. The molecular formula is C21H24I2. The van der Waals surface area contributed by atoms with Crippen LogP contribution < -0.4 is 0 Å². The monoisotopic (exact) mass is 530 g/mol. The maximum Gasteiger partial charge on any atom is 0.0311 e. The highest BCUT2D eigenvalue weighted by Gasteiger charge is 2.43. The van der Waals surface area contributed by atoms with E-state index >= 15 is 0 Å². The van der Waals surface area contributed by atoms with Crippen molar-refractivity contribution in [3.63, 3.8) is 0 Å². The Balaban J connectivity index is 2.26. The quantitative estimate of drug-likeness (QED) is 0.339. The van der Waals surface area contributed by atoms with Crippen molar-refractivity contribution in [3.8, 4) is 11.1 Å². The lowest BCUT2D eigenvalue weighted by Crippen LogP contribution is -2.26. The van der Waals surface area contributed by atoms with Crippen molar-refractivity contribution in [1.29, 1.82) is 0 Å². The first-order valence-corrected chi connectivity index (χ1v) is 10.9. The van der Waals surface area contributed by atoms with E-state index in [9.17, 15) is 0 Å². The molecule has 23 heavy (non-hydrogen) atoms. The molecule has 0 spiro atoms. The van der Waals surface area contributed by atoms with Gasteiger partial charge in [-0.1, -0.05) is 69.9 Å². The molecule has 0 atom stereocenters. The first-order valence-electron chi connectivity index (χ1n) is 8.74. The largest absolute Gasteiger partial charge is 0.0654 e. The van der Waals surface area contributed by atoms with Crippen LogP contribution in [0.5, 0.6) is 0 Å². The highest BCUT2D eigenvalue weighted by atomic mass is 127. The summed E-state index contributed by atoms with van der Waals surface area (Å²) in [5.41, 5.74) is 6.39. The molecule has 0 saturated carbocycles. The summed E-state index contributed by atoms with van der Waals surface area (Å²) < 4.78 is 2.87. The molecule has 0 aliphatic heterocycles. The van der Waals surface area contributed by atoms with Gasteiger partial charge in [0, 0.05) is 12.6 Å². The summed E-state index contributed by atoms with van der Waals surface area (Å²) >= 11 is 5.09. The number of rotatable bonds is 6. The van der Waals surface area contributed by atoms with Crippen molar-refractivity contribution >= 4 is 45.2 Å². The topological polar surface area (TPSA) is 0 Å². The van der Waals surface area contributed by atoms with Gasteiger partial charge in [0.25, 0.3) is 0 Å². The minimum atomic E-state index is 0.232. The molecule has 0 bridgehead atoms. The normalized spacial score (nSPS) is 14.6. The molecule has 0 N–H and O–H groups in total. The third-order valence-corrected chi connectivity index (χ3v) is 8.27. The van der Waals surface area contributed by atoms with Crippen LogP contribution in [-0.2, 0) is 5.41 Å². The van der Waals surface area contributed by atoms with Crippen LogP contribution in [0.4, 0.5) is 0 Å². The average Bonchev–Trinajstić information content (AvgIpc) is 2.86. The average molecular weight is 530 g/mol. The first-order chi connectivity index (χ1) is 11.2. The lowest BCUT2D eigenvalue weighted by molar-refractivity contribution is 0.413. The van der Waals surface area contributed by atoms with E-state index in [1.54, 1.807) is 11.1 Å². The van der Waals surface area contributed by atoms with Crippen LogP contribution in [0.2, 0.25) is 0 Å². The lowest BCUT2D eigenvalue weighted by atomic mass is 9.71. The first kappa shape index (κ1) is 17.7. The van der Waals surface area contributed by atoms with Crippen molar-refractivity contribution < 1.29 is 0 Å². The van der Waals surface area contributed by atoms with Gasteiger partial charge in [0.15, 0.2) is 0 Å². The Morgan fingerprint density at radius 1 is 0.826 bits per heavy atom. The number of hydrogen-bond acceptors (Lipinski definition) is 0. The standard InChI is InChI=1S/C21H24I2/c1-3-5-13-21(14-6-4-2)17-10-8-7-9-15(17)16-11-12-18(22)20(23)19(16)21/h7-12H,3-6,13-14H2,1-2H3. The van der Waals surface area contributed by atoms with Crippen LogP contribution in [0, 0.1) is 7.14 Å². The third-order valence-electron chi connectivity index (χ3n) is 5.22. The number of hydrogen-bond donors (Lipinski definition) is 0. The van der Waals surface area contributed by atoms with Crippen LogP contribution in [0.3, 0.4) is 0 Å². The second-order valence-corrected chi connectivity index (χ2v) is 8.86. The smallest absolute Gasteiger partial charge is 0.0311 e. The molecule has 122 valence electrons. The van der Waals surface area contributed by atoms with Crippen LogP contribution in [-0.4, -0.2) is 0 Å². The van der Waals surface area contributed by atoms with Gasteiger partial charge in [-0.05, 0) is 86.3 Å². The molecule has 0 saturated heterocycles. The summed E-state index contributed by atoms with van der Waals surface area (Å²) in [6.45, 7) is 4.63. The second kappa shape index (κ2) is 7.42. The third kappa shape index (κ3) is 2.99. The predicted octanol–water partition coefficient (Wildman–Crippen LogP) is 7.54. The van der Waals surface area contributed by atoms with E-state index in [-0.39, 0.29) is 5.41 Å². The van der Waals surface area contributed by atoms with Gasteiger partial charge in [-0.15, -0.1) is 0 Å². The minimum absolute atomic E-state index is 0.232. The Hall–Kier alpha value is -0.1000. The van der Waals surface area contributed by atoms with Crippen LogP contribution in [0.1, 0.15) is 63.5 Å². The Morgan fingerprint density at radius 3 is 2.13 bits per heavy atom. The molecule has 2 heteroatoms. The Kier molecular flexibility index (Phi) is 5.72. The fourth-order valence-corrected chi connectivity index (χ4v) is 5.55. The van der Waals surface area contributed by atoms with E-state index in [1.807, 2.05) is 0 Å². The molecular weight excluding hydrogens is 506 g/mol. The number of benzene rings is 2. The summed E-state index contributed by atoms with van der Waals surface area (Å²) in [6.07, 6.45) is 7.71. The lowest BCUT2D eigenvalue weighted by Gasteiger charge is -2.33. The molecule has 0 nitrogen and oxygen atoms in total. The summed E-state index contributed by atoms with van der Waals surface area (Å²) in [5, 5.41) is 0. The molecule has 1 aliphatic rings. The molecule has 3 rings (SSSR count). The van der Waals surface area contributed by atoms with Crippen molar-refractivity contribution in [1.82, 2.24) is 0 Å². The maximum absolute atomic E-state index is 2.59. The number of fused-ring (bicyclic) bond motifs is 3. The summed E-state index contributed by atoms with van der Waals surface area (Å²) in [5.74, 6) is 0. The molecule has 0 amide bonds. The summed E-state index contributed by atoms with van der Waals surface area (Å²) in [6, 6.07) is 13.8. The van der Waals surface area contributed by atoms with E-state index < -0.39 is 0 Å². The molecule has 0 unspecified atom stereocenters. The highest BCUT2D eigenvalue weighted by Crippen LogP contribution is 2.55. The summed E-state index contributed by atoms with van der Waals surface area (Å²) in [4.78, 5) is 0. The van der Waals surface area contributed by atoms with Crippen molar-refractivity contribution in [2.45, 2.75) is 57.8 Å². The van der Waals surface area contributed by atoms with Gasteiger partial charge in [-0.25, -0.2) is 0 Å². The van der Waals surface area contributed by atoms with Crippen molar-refractivity contribution in [2.24, 2.45) is 0 Å². The van der Waals surface area contributed by atoms with Gasteiger partial charge in [-0.2, -0.15) is 0 Å². The SMILES string of the molecule is CCCCC1(CCCC)c2ccccc2-c2ccc(I)c(I)c21. The maximum atomic E-state index is 2.59. The Bertz CT molecular complexity index is 695. The van der Waals surface area contributed by atoms with Crippen molar-refractivity contribution in [2.75, 3.05) is 0 Å². The van der Waals surface area contributed by atoms with E-state index in [1.165, 1.54) is 56.8 Å². The number of halogens is 2. The molecule has 0 heterocycles. The Labute approximate surface area is 167 Å². The zero-order chi connectivity index (χ0) is 16.4. The van der Waals surface area contributed by atoms with Gasteiger partial charge in [-0.3, -0.25) is 0 Å². The van der Waals surface area contributed by atoms with Crippen LogP contribution >= 0.6 is 45.2 Å². The molecule has 2 aromatic carbocycles. The van der Waals surface area contributed by atoms with Crippen LogP contribution in [0.25, 0.3) is 11.1 Å². The van der Waals surface area contributed by atoms with E-state index in [2.05, 4.69) is 95.4 Å². The molecule has 1 aliphatic carbocycles. The van der Waals surface area contributed by atoms with E-state index in [4.69, 9.17) is 0 Å². The fourth-order valence-electron chi connectivity index (χ4n) is 4.11. The van der Waals surface area contributed by atoms with Crippen LogP contribution in [0.15, 0.2) is 36.4 Å². The minimum Gasteiger partial charge on any atom is -0.0654 e. The van der Waals surface area contributed by atoms with Gasteiger partial charge < -0.3 is 0 Å². The van der Waals surface area contributed by atoms with Gasteiger partial charge in [0.05, 0.1) is 0 Å². The zero-order valence-electron chi connectivity index (χ0n) is 14.0. The van der Waals surface area contributed by atoms with Crippen molar-refractivity contribution in [3.05, 3.63) is 54.7 Å². The Morgan fingerprint density at radius 2 is 1.48 bits per heavy atom. The van der Waals surface area contributed by atoms with E-state index in [0.29, 0.717) is 0 Å². The molecule has 2 aromatic rings. The van der Waals surface area contributed by atoms with Gasteiger partial charge in [0.2, 0.25) is 0 Å². The fraction of sp³-hybridized carbons (Fsp3) is 0.429. The van der Waals surface area contributed by atoms with Gasteiger partial charge >= 0.3 is 0 Å². The molecule has 0 radical (unpaired) electrons. The van der Waals surface area contributed by atoms with E-state index in [0.717, 1.165) is 0 Å². The predicted molar refractivity (Wildman–Crippen MR) is 117 cm³/mol. The van der Waals surface area contributed by atoms with Gasteiger partial charge in [0.1, 0.15) is 0 Å². The second-order valence-electron chi connectivity index (χ2n) is 6.62. The summed E-state index contributed by atoms with van der Waals surface area (Å²) in [7, 11) is 0. The molecule has 0 aromatic heterocycles. The molecule has 0 fully saturated rings.